The second kappa shape index (κ2) is 10.9. The zero-order chi connectivity index (χ0) is 21.3. The van der Waals surface area contributed by atoms with E-state index in [-0.39, 0.29) is 23.8 Å². The van der Waals surface area contributed by atoms with Crippen molar-refractivity contribution in [3.8, 4) is 11.5 Å². The summed E-state index contributed by atoms with van der Waals surface area (Å²) in [6.45, 7) is 4.57. The maximum absolute atomic E-state index is 12.0. The van der Waals surface area contributed by atoms with Gasteiger partial charge in [-0.3, -0.25) is 0 Å². The Morgan fingerprint density at radius 2 is 1.83 bits per heavy atom. The van der Waals surface area contributed by atoms with Crippen molar-refractivity contribution in [2.45, 2.75) is 12.5 Å². The molecule has 0 aromatic carbocycles. The molecule has 1 aromatic rings. The molecule has 0 saturated heterocycles. The molecular weight excluding hydrogens is 382 g/mol. The average Bonchev–Trinajstić information content (AvgIpc) is 3.02. The number of hydrogen-bond acceptors (Lipinski definition) is 10. The van der Waals surface area contributed by atoms with Crippen LogP contribution in [0, 0.1) is 0 Å². The maximum Gasteiger partial charge on any atom is 0.335 e. The topological polar surface area (TPSA) is 112 Å². The maximum atomic E-state index is 12.0. The first-order chi connectivity index (χ1) is 13.9. The van der Waals surface area contributed by atoms with Gasteiger partial charge in [-0.2, -0.15) is 0 Å². The lowest BCUT2D eigenvalue weighted by molar-refractivity contribution is -0.146. The molecule has 1 aromatic heterocycles. The van der Waals surface area contributed by atoms with E-state index < -0.39 is 11.5 Å². The lowest BCUT2D eigenvalue weighted by Crippen LogP contribution is -2.39. The van der Waals surface area contributed by atoms with E-state index in [1.165, 1.54) is 13.3 Å². The average molecular weight is 411 g/mol. The number of nitrogens with zero attached hydrogens (tertiary/aromatic N) is 3. The Morgan fingerprint density at radius 3 is 2.48 bits per heavy atom. The van der Waals surface area contributed by atoms with E-state index in [1.54, 1.807) is 32.0 Å². The van der Waals surface area contributed by atoms with Gasteiger partial charge in [0.15, 0.2) is 28.6 Å². The number of ether oxygens (including phenoxy) is 5. The highest BCUT2D eigenvalue weighted by Gasteiger charge is 2.42. The smallest absolute Gasteiger partial charge is 0.335 e. The standard InChI is InChI=1S/C19H29N3O7/c1-19(18(24)26-4)13-22(2)17(21-19)15-16(23)14(5-6-20-15)29-12-11-28-10-9-27-8-7-25-3/h5-6,23H,7-13H2,1-4H3/t19-/m1/s1. The van der Waals surface area contributed by atoms with E-state index in [1.807, 2.05) is 0 Å². The molecule has 1 atom stereocenters. The molecule has 0 radical (unpaired) electrons. The van der Waals surface area contributed by atoms with Gasteiger partial charge in [-0.1, -0.05) is 0 Å². The summed E-state index contributed by atoms with van der Waals surface area (Å²) < 4.78 is 26.0. The Hall–Kier alpha value is -2.43. The third kappa shape index (κ3) is 6.02. The molecule has 1 aliphatic rings. The third-order valence-corrected chi connectivity index (χ3v) is 4.27. The summed E-state index contributed by atoms with van der Waals surface area (Å²) in [5.74, 6) is 0.0627. The van der Waals surface area contributed by atoms with E-state index in [4.69, 9.17) is 23.7 Å². The van der Waals surface area contributed by atoms with Crippen molar-refractivity contribution in [3.05, 3.63) is 18.0 Å². The second-order valence-electron chi connectivity index (χ2n) is 6.63. The molecule has 1 N–H and O–H groups in total. The van der Waals surface area contributed by atoms with Crippen LogP contribution in [0.1, 0.15) is 12.6 Å². The van der Waals surface area contributed by atoms with Gasteiger partial charge >= 0.3 is 5.97 Å². The van der Waals surface area contributed by atoms with Gasteiger partial charge in [-0.05, 0) is 6.92 Å². The highest BCUT2D eigenvalue weighted by atomic mass is 16.6. The van der Waals surface area contributed by atoms with Gasteiger partial charge < -0.3 is 33.7 Å². The fourth-order valence-corrected chi connectivity index (χ4v) is 2.85. The van der Waals surface area contributed by atoms with Crippen LogP contribution in [0.2, 0.25) is 0 Å². The fraction of sp³-hybridized carbons (Fsp3) is 0.632. The Labute approximate surface area is 170 Å². The third-order valence-electron chi connectivity index (χ3n) is 4.27. The first-order valence-corrected chi connectivity index (χ1v) is 9.28. The number of hydrogen-bond donors (Lipinski definition) is 1. The molecule has 29 heavy (non-hydrogen) atoms. The zero-order valence-corrected chi connectivity index (χ0v) is 17.3. The quantitative estimate of drug-likeness (QED) is 0.387. The van der Waals surface area contributed by atoms with Gasteiger partial charge in [0.1, 0.15) is 6.61 Å². The van der Waals surface area contributed by atoms with E-state index in [9.17, 15) is 9.90 Å². The minimum absolute atomic E-state index is 0.143. The summed E-state index contributed by atoms with van der Waals surface area (Å²) in [6, 6.07) is 1.56. The number of rotatable bonds is 12. The minimum atomic E-state index is -1.05. The Morgan fingerprint density at radius 1 is 1.17 bits per heavy atom. The lowest BCUT2D eigenvalue weighted by atomic mass is 10.1. The molecular formula is C19H29N3O7. The van der Waals surface area contributed by atoms with Gasteiger partial charge in [-0.15, -0.1) is 0 Å². The van der Waals surface area contributed by atoms with Gasteiger partial charge in [-0.25, -0.2) is 14.8 Å². The first kappa shape index (κ1) is 22.9. The predicted molar refractivity (Wildman–Crippen MR) is 104 cm³/mol. The van der Waals surface area contributed by atoms with Crippen LogP contribution in [0.5, 0.6) is 11.5 Å². The molecule has 0 fully saturated rings. The summed E-state index contributed by atoms with van der Waals surface area (Å²) in [5.41, 5.74) is -0.812. The number of aromatic hydroxyl groups is 1. The van der Waals surface area contributed by atoms with Crippen LogP contribution < -0.4 is 4.74 Å². The number of esters is 1. The zero-order valence-electron chi connectivity index (χ0n) is 17.3. The summed E-state index contributed by atoms with van der Waals surface area (Å²) >= 11 is 0. The van der Waals surface area contributed by atoms with Crippen LogP contribution in [-0.2, 0) is 23.7 Å². The van der Waals surface area contributed by atoms with Crippen molar-refractivity contribution < 1.29 is 33.6 Å². The number of carbonyl (C=O) groups excluding carboxylic acids is 1. The van der Waals surface area contributed by atoms with E-state index in [0.717, 1.165) is 0 Å². The summed E-state index contributed by atoms with van der Waals surface area (Å²) in [5, 5.41) is 10.6. The molecule has 2 heterocycles. The first-order valence-electron chi connectivity index (χ1n) is 9.28. The molecule has 10 heteroatoms. The van der Waals surface area contributed by atoms with E-state index >= 15 is 0 Å². The van der Waals surface area contributed by atoms with Crippen LogP contribution >= 0.6 is 0 Å². The molecule has 2 rings (SSSR count). The molecule has 0 unspecified atom stereocenters. The molecule has 0 spiro atoms. The second-order valence-corrected chi connectivity index (χ2v) is 6.63. The lowest BCUT2D eigenvalue weighted by Gasteiger charge is -2.19. The van der Waals surface area contributed by atoms with Crippen LogP contribution in [0.15, 0.2) is 17.3 Å². The predicted octanol–water partition coefficient (Wildman–Crippen LogP) is 0.469. The number of carbonyl (C=O) groups is 1. The number of methoxy groups -OCH3 is 2. The summed E-state index contributed by atoms with van der Waals surface area (Å²) in [7, 11) is 4.70. The van der Waals surface area contributed by atoms with E-state index in [0.29, 0.717) is 45.4 Å². The van der Waals surface area contributed by atoms with Crippen LogP contribution in [0.4, 0.5) is 0 Å². The van der Waals surface area contributed by atoms with Crippen molar-refractivity contribution >= 4 is 11.8 Å². The van der Waals surface area contributed by atoms with E-state index in [2.05, 4.69) is 9.98 Å². The van der Waals surface area contributed by atoms with Crippen LogP contribution in [0.25, 0.3) is 0 Å². The number of aliphatic imine (C=N–C) groups is 1. The Kier molecular flexibility index (Phi) is 8.62. The molecule has 0 bridgehead atoms. The number of pyridine rings is 1. The molecule has 0 amide bonds. The Bertz CT molecular complexity index is 713. The summed E-state index contributed by atoms with van der Waals surface area (Å²) in [4.78, 5) is 22.4. The van der Waals surface area contributed by atoms with Gasteiger partial charge in [0.25, 0.3) is 0 Å². The highest BCUT2D eigenvalue weighted by Crippen LogP contribution is 2.32. The normalized spacial score (nSPS) is 18.6. The number of likely N-dealkylation sites (N-methyl/N-ethyl adjacent to an activating group) is 1. The van der Waals surface area contributed by atoms with Crippen LogP contribution in [0.3, 0.4) is 0 Å². The largest absolute Gasteiger partial charge is 0.503 e. The van der Waals surface area contributed by atoms with Gasteiger partial charge in [0.05, 0.1) is 46.7 Å². The Balaban J connectivity index is 1.91. The van der Waals surface area contributed by atoms with Crippen molar-refractivity contribution in [3.63, 3.8) is 0 Å². The highest BCUT2D eigenvalue weighted by molar-refractivity contribution is 6.03. The van der Waals surface area contributed by atoms with Gasteiger partial charge in [0.2, 0.25) is 0 Å². The monoisotopic (exact) mass is 411 g/mol. The SMILES string of the molecule is COCCOCCOCCOc1ccnc(C2=N[C@@](C)(C(=O)OC)CN2C)c1O. The van der Waals surface area contributed by atoms with Crippen molar-refractivity contribution in [1.29, 1.82) is 0 Å². The number of aromatic nitrogens is 1. The molecule has 0 aliphatic carbocycles. The molecule has 0 saturated carbocycles. The molecule has 162 valence electrons. The fourth-order valence-electron chi connectivity index (χ4n) is 2.85. The van der Waals surface area contributed by atoms with Gasteiger partial charge in [0, 0.05) is 26.4 Å². The number of amidine groups is 1. The molecule has 10 nitrogen and oxygen atoms in total. The van der Waals surface area contributed by atoms with Crippen molar-refractivity contribution in [1.82, 2.24) is 9.88 Å². The summed E-state index contributed by atoms with van der Waals surface area (Å²) in [6.07, 6.45) is 1.51. The van der Waals surface area contributed by atoms with Crippen molar-refractivity contribution in [2.75, 3.05) is 67.5 Å². The minimum Gasteiger partial charge on any atom is -0.503 e. The molecule has 1 aliphatic heterocycles. The van der Waals surface area contributed by atoms with Crippen molar-refractivity contribution in [2.24, 2.45) is 4.99 Å². The van der Waals surface area contributed by atoms with Crippen LogP contribution in [-0.4, -0.2) is 99.8 Å².